The molecule has 0 unspecified atom stereocenters. The number of hydrogen-bond donors (Lipinski definition) is 1. The van der Waals surface area contributed by atoms with E-state index >= 15 is 0 Å². The van der Waals surface area contributed by atoms with Gasteiger partial charge in [-0.1, -0.05) is 42.5 Å². The van der Waals surface area contributed by atoms with Gasteiger partial charge in [0.05, 0.1) is 42.9 Å². The number of anilines is 1. The van der Waals surface area contributed by atoms with E-state index in [0.717, 1.165) is 0 Å². The van der Waals surface area contributed by atoms with Crippen LogP contribution in [-0.4, -0.2) is 38.1 Å². The van der Waals surface area contributed by atoms with E-state index < -0.39 is 16.8 Å². The molecule has 0 aliphatic heterocycles. The molecule has 1 amide bonds. The highest BCUT2D eigenvalue weighted by atomic mass is 16.6. The highest BCUT2D eigenvalue weighted by molar-refractivity contribution is 6.16. The first-order valence-corrected chi connectivity index (χ1v) is 10.1. The molecule has 0 radical (unpaired) electrons. The lowest BCUT2D eigenvalue weighted by atomic mass is 10.0. The van der Waals surface area contributed by atoms with Crippen molar-refractivity contribution in [3.8, 4) is 11.5 Å². The van der Waals surface area contributed by atoms with Gasteiger partial charge in [0.15, 0.2) is 5.75 Å². The largest absolute Gasteiger partial charge is 0.494 e. The van der Waals surface area contributed by atoms with E-state index in [1.165, 1.54) is 27.4 Å². The number of esters is 1. The molecule has 0 aromatic heterocycles. The first-order chi connectivity index (χ1) is 16.4. The zero-order valence-electron chi connectivity index (χ0n) is 18.6. The summed E-state index contributed by atoms with van der Waals surface area (Å²) < 4.78 is 15.7. The molecule has 4 rings (SSSR count). The SMILES string of the molecule is COC(=O)c1cc2ccccc2c(NC(=O)c2cc3ccccc3c([N+](=O)[O-])c2OC)c1OC. The second kappa shape index (κ2) is 9.07. The van der Waals surface area contributed by atoms with Crippen LogP contribution in [0.25, 0.3) is 21.5 Å². The third-order valence-corrected chi connectivity index (χ3v) is 5.46. The Morgan fingerprint density at radius 2 is 1.38 bits per heavy atom. The van der Waals surface area contributed by atoms with Gasteiger partial charge in [-0.2, -0.15) is 0 Å². The molecule has 0 heterocycles. The summed E-state index contributed by atoms with van der Waals surface area (Å²) in [6, 6.07) is 16.9. The minimum absolute atomic E-state index is 0.0393. The monoisotopic (exact) mass is 460 g/mol. The van der Waals surface area contributed by atoms with Gasteiger partial charge in [0, 0.05) is 5.39 Å². The summed E-state index contributed by atoms with van der Waals surface area (Å²) in [6.07, 6.45) is 0. The number of methoxy groups -OCH3 is 3. The summed E-state index contributed by atoms with van der Waals surface area (Å²) in [7, 11) is 3.88. The minimum atomic E-state index is -0.670. The summed E-state index contributed by atoms with van der Waals surface area (Å²) in [5.41, 5.74) is -0.00675. The fraction of sp³-hybridized carbons (Fsp3) is 0.120. The molecule has 0 saturated heterocycles. The molecule has 0 aliphatic rings. The molecule has 172 valence electrons. The van der Waals surface area contributed by atoms with Gasteiger partial charge in [-0.25, -0.2) is 4.79 Å². The number of benzene rings is 4. The van der Waals surface area contributed by atoms with Gasteiger partial charge in [0.1, 0.15) is 5.56 Å². The number of hydrogen-bond acceptors (Lipinski definition) is 7. The van der Waals surface area contributed by atoms with Crippen LogP contribution in [0.2, 0.25) is 0 Å². The summed E-state index contributed by atoms with van der Waals surface area (Å²) in [5.74, 6) is -1.38. The topological polar surface area (TPSA) is 117 Å². The average molecular weight is 460 g/mol. The van der Waals surface area contributed by atoms with Crippen molar-refractivity contribution in [2.45, 2.75) is 0 Å². The van der Waals surface area contributed by atoms with Gasteiger partial charge in [0.2, 0.25) is 5.75 Å². The lowest BCUT2D eigenvalue weighted by Crippen LogP contribution is -2.16. The van der Waals surface area contributed by atoms with Crippen molar-refractivity contribution in [3.05, 3.63) is 81.9 Å². The molecule has 9 nitrogen and oxygen atoms in total. The lowest BCUT2D eigenvalue weighted by Gasteiger charge is -2.17. The number of fused-ring (bicyclic) bond motifs is 2. The maximum Gasteiger partial charge on any atom is 0.341 e. The van der Waals surface area contributed by atoms with Crippen molar-refractivity contribution in [3.63, 3.8) is 0 Å². The van der Waals surface area contributed by atoms with E-state index in [0.29, 0.717) is 21.5 Å². The normalized spacial score (nSPS) is 10.7. The van der Waals surface area contributed by atoms with Crippen molar-refractivity contribution in [2.24, 2.45) is 0 Å². The zero-order valence-corrected chi connectivity index (χ0v) is 18.6. The number of carbonyl (C=O) groups excluding carboxylic acids is 2. The van der Waals surface area contributed by atoms with Gasteiger partial charge in [-0.3, -0.25) is 14.9 Å². The second-order valence-corrected chi connectivity index (χ2v) is 7.28. The molecular formula is C25H20N2O7. The molecule has 0 bridgehead atoms. The van der Waals surface area contributed by atoms with Gasteiger partial charge < -0.3 is 19.5 Å². The Balaban J connectivity index is 1.94. The van der Waals surface area contributed by atoms with E-state index in [1.807, 2.05) is 0 Å². The molecule has 34 heavy (non-hydrogen) atoms. The predicted octanol–water partition coefficient (Wildman–Crippen LogP) is 4.96. The first kappa shape index (κ1) is 22.5. The van der Waals surface area contributed by atoms with Crippen LogP contribution in [-0.2, 0) is 4.74 Å². The van der Waals surface area contributed by atoms with E-state index in [-0.39, 0.29) is 34.0 Å². The number of ether oxygens (including phenoxy) is 3. The maximum atomic E-state index is 13.5. The fourth-order valence-electron chi connectivity index (χ4n) is 3.97. The van der Waals surface area contributed by atoms with Gasteiger partial charge >= 0.3 is 11.7 Å². The highest BCUT2D eigenvalue weighted by Gasteiger charge is 2.28. The molecule has 0 aliphatic carbocycles. The molecule has 0 fully saturated rings. The summed E-state index contributed by atoms with van der Waals surface area (Å²) in [6.45, 7) is 0. The van der Waals surface area contributed by atoms with Crippen molar-refractivity contribution < 1.29 is 28.7 Å². The Bertz CT molecular complexity index is 1460. The van der Waals surface area contributed by atoms with Gasteiger partial charge in [-0.15, -0.1) is 0 Å². The minimum Gasteiger partial charge on any atom is -0.494 e. The highest BCUT2D eigenvalue weighted by Crippen LogP contribution is 2.41. The van der Waals surface area contributed by atoms with Crippen molar-refractivity contribution >= 4 is 44.8 Å². The number of amides is 1. The fourth-order valence-corrected chi connectivity index (χ4v) is 3.97. The maximum absolute atomic E-state index is 13.5. The van der Waals surface area contributed by atoms with Crippen molar-refractivity contribution in [1.82, 2.24) is 0 Å². The van der Waals surface area contributed by atoms with E-state index in [4.69, 9.17) is 14.2 Å². The number of carbonyl (C=O) groups is 2. The number of nitro groups is 1. The summed E-state index contributed by atoms with van der Waals surface area (Å²) >= 11 is 0. The lowest BCUT2D eigenvalue weighted by molar-refractivity contribution is -0.384. The van der Waals surface area contributed by atoms with E-state index in [2.05, 4.69) is 5.32 Å². The molecule has 4 aromatic rings. The number of nitro benzene ring substituents is 1. The third kappa shape index (κ3) is 3.73. The standard InChI is InChI=1S/C25H20N2O7/c1-32-22-19(25(29)34-3)13-14-8-4-6-10-16(14)20(22)26-24(28)18-12-15-9-5-7-11-17(15)21(27(30)31)23(18)33-2/h4-13H,1-3H3,(H,26,28). The molecule has 9 heteroatoms. The average Bonchev–Trinajstić information content (AvgIpc) is 2.86. The molecule has 0 saturated carbocycles. The Morgan fingerprint density at radius 1 is 0.824 bits per heavy atom. The molecule has 1 N–H and O–H groups in total. The quantitative estimate of drug-likeness (QED) is 0.246. The Kier molecular flexibility index (Phi) is 6.01. The third-order valence-electron chi connectivity index (χ3n) is 5.46. The van der Waals surface area contributed by atoms with Crippen molar-refractivity contribution in [1.29, 1.82) is 0 Å². The van der Waals surface area contributed by atoms with Crippen LogP contribution in [0.15, 0.2) is 60.7 Å². The van der Waals surface area contributed by atoms with Crippen molar-refractivity contribution in [2.75, 3.05) is 26.6 Å². The van der Waals surface area contributed by atoms with Crippen LogP contribution in [0, 0.1) is 10.1 Å². The number of nitrogens with one attached hydrogen (secondary N) is 1. The molecule has 0 spiro atoms. The smallest absolute Gasteiger partial charge is 0.341 e. The predicted molar refractivity (Wildman–Crippen MR) is 127 cm³/mol. The van der Waals surface area contributed by atoms with Crippen LogP contribution in [0.4, 0.5) is 11.4 Å². The van der Waals surface area contributed by atoms with Gasteiger partial charge in [0.25, 0.3) is 5.91 Å². The summed E-state index contributed by atoms with van der Waals surface area (Å²) in [4.78, 5) is 37.2. The Hall–Kier alpha value is -4.66. The van der Waals surface area contributed by atoms with E-state index in [9.17, 15) is 19.7 Å². The Morgan fingerprint density at radius 3 is 1.97 bits per heavy atom. The number of nitrogens with zero attached hydrogens (tertiary/aromatic N) is 1. The number of rotatable bonds is 6. The van der Waals surface area contributed by atoms with Gasteiger partial charge in [-0.05, 0) is 29.0 Å². The zero-order chi connectivity index (χ0) is 24.4. The van der Waals surface area contributed by atoms with Crippen LogP contribution in [0.1, 0.15) is 20.7 Å². The second-order valence-electron chi connectivity index (χ2n) is 7.28. The van der Waals surface area contributed by atoms with E-state index in [1.54, 1.807) is 54.6 Å². The molecule has 0 atom stereocenters. The van der Waals surface area contributed by atoms with Crippen LogP contribution in [0.3, 0.4) is 0 Å². The van der Waals surface area contributed by atoms with Crippen LogP contribution in [0.5, 0.6) is 11.5 Å². The molecular weight excluding hydrogens is 440 g/mol. The van der Waals surface area contributed by atoms with Crippen LogP contribution >= 0.6 is 0 Å². The summed E-state index contributed by atoms with van der Waals surface area (Å²) in [5, 5.41) is 16.8. The molecule has 4 aromatic carbocycles. The Labute approximate surface area is 194 Å². The first-order valence-electron chi connectivity index (χ1n) is 10.1. The van der Waals surface area contributed by atoms with Crippen LogP contribution < -0.4 is 14.8 Å².